The van der Waals surface area contributed by atoms with Gasteiger partial charge in [0.25, 0.3) is 5.91 Å². The summed E-state index contributed by atoms with van der Waals surface area (Å²) in [5.41, 5.74) is 2.56. The Labute approximate surface area is 193 Å². The molecule has 1 unspecified atom stereocenters. The summed E-state index contributed by atoms with van der Waals surface area (Å²) in [5, 5.41) is 1.19. The van der Waals surface area contributed by atoms with E-state index < -0.39 is 0 Å². The van der Waals surface area contributed by atoms with Crippen molar-refractivity contribution in [1.29, 1.82) is 0 Å². The Hall–Kier alpha value is -2.66. The molecular formula is C27H30N2O2S. The quantitative estimate of drug-likeness (QED) is 0.543. The van der Waals surface area contributed by atoms with Crippen molar-refractivity contribution in [3.05, 3.63) is 70.6 Å². The number of benzene rings is 2. The van der Waals surface area contributed by atoms with Crippen LogP contribution in [0.5, 0.6) is 0 Å². The van der Waals surface area contributed by atoms with E-state index in [0.717, 1.165) is 56.7 Å². The van der Waals surface area contributed by atoms with E-state index in [-0.39, 0.29) is 17.7 Å². The summed E-state index contributed by atoms with van der Waals surface area (Å²) in [6.07, 6.45) is 4.14. The first-order valence-electron chi connectivity index (χ1n) is 11.7. The fraction of sp³-hybridized carbons (Fsp3) is 0.407. The molecule has 5 heteroatoms. The molecule has 2 fully saturated rings. The van der Waals surface area contributed by atoms with Crippen molar-refractivity contribution in [2.75, 3.05) is 26.2 Å². The zero-order valence-corrected chi connectivity index (χ0v) is 19.4. The molecule has 0 aliphatic carbocycles. The van der Waals surface area contributed by atoms with E-state index in [1.54, 1.807) is 18.3 Å². The molecule has 2 saturated heterocycles. The number of likely N-dealkylation sites (tertiary alicyclic amines) is 2. The second kappa shape index (κ2) is 9.07. The number of thiophene rings is 1. The van der Waals surface area contributed by atoms with E-state index in [4.69, 9.17) is 0 Å². The summed E-state index contributed by atoms with van der Waals surface area (Å²) in [5.74, 6) is 1.19. The minimum absolute atomic E-state index is 0.125. The van der Waals surface area contributed by atoms with Crippen LogP contribution in [0.1, 0.15) is 52.9 Å². The highest BCUT2D eigenvalue weighted by Crippen LogP contribution is 2.41. The molecule has 4 nitrogen and oxygen atoms in total. The monoisotopic (exact) mass is 446 g/mol. The molecule has 2 aliphatic rings. The minimum atomic E-state index is 0.125. The molecule has 3 aromatic rings. The molecule has 2 aliphatic heterocycles. The van der Waals surface area contributed by atoms with Gasteiger partial charge in [-0.15, -0.1) is 11.3 Å². The van der Waals surface area contributed by atoms with E-state index in [2.05, 4.69) is 53.4 Å². The van der Waals surface area contributed by atoms with E-state index in [9.17, 15) is 9.59 Å². The van der Waals surface area contributed by atoms with Gasteiger partial charge in [0.05, 0.1) is 4.88 Å². The van der Waals surface area contributed by atoms with Crippen molar-refractivity contribution in [3.8, 4) is 0 Å². The zero-order valence-electron chi connectivity index (χ0n) is 18.6. The first-order chi connectivity index (χ1) is 15.6. The van der Waals surface area contributed by atoms with Gasteiger partial charge in [-0.25, -0.2) is 0 Å². The van der Waals surface area contributed by atoms with E-state index >= 15 is 0 Å². The Morgan fingerprint density at radius 2 is 1.59 bits per heavy atom. The summed E-state index contributed by atoms with van der Waals surface area (Å²) in [6, 6.07) is 19.0. The summed E-state index contributed by atoms with van der Waals surface area (Å²) in [4.78, 5) is 30.5. The van der Waals surface area contributed by atoms with Crippen LogP contribution >= 0.6 is 11.3 Å². The molecule has 32 heavy (non-hydrogen) atoms. The molecule has 0 bridgehead atoms. The molecule has 0 N–H and O–H groups in total. The molecule has 1 aromatic heterocycles. The number of hydrogen-bond acceptors (Lipinski definition) is 3. The minimum Gasteiger partial charge on any atom is -0.342 e. The lowest BCUT2D eigenvalue weighted by Gasteiger charge is -2.32. The normalized spacial score (nSPS) is 19.6. The number of hydrogen-bond donors (Lipinski definition) is 0. The van der Waals surface area contributed by atoms with Crippen molar-refractivity contribution in [1.82, 2.24) is 9.80 Å². The molecule has 0 spiro atoms. The second-order valence-electron chi connectivity index (χ2n) is 9.22. The van der Waals surface area contributed by atoms with Gasteiger partial charge in [0.15, 0.2) is 0 Å². The number of piperidine rings is 1. The van der Waals surface area contributed by atoms with Crippen LogP contribution in [0.3, 0.4) is 0 Å². The van der Waals surface area contributed by atoms with Crippen molar-refractivity contribution >= 4 is 33.2 Å². The van der Waals surface area contributed by atoms with Gasteiger partial charge < -0.3 is 9.80 Å². The van der Waals surface area contributed by atoms with E-state index in [1.807, 2.05) is 11.0 Å². The van der Waals surface area contributed by atoms with Crippen LogP contribution < -0.4 is 0 Å². The molecule has 0 radical (unpaired) electrons. The zero-order chi connectivity index (χ0) is 22.1. The van der Waals surface area contributed by atoms with Crippen LogP contribution in [0.25, 0.3) is 10.1 Å². The number of carbonyl (C=O) groups is 2. The maximum absolute atomic E-state index is 13.7. The van der Waals surface area contributed by atoms with Gasteiger partial charge in [-0.1, -0.05) is 48.5 Å². The topological polar surface area (TPSA) is 40.6 Å². The predicted octanol–water partition coefficient (Wildman–Crippen LogP) is 5.33. The number of carbonyl (C=O) groups excluding carboxylic acids is 2. The Morgan fingerprint density at radius 3 is 2.31 bits per heavy atom. The molecule has 3 heterocycles. The fourth-order valence-electron chi connectivity index (χ4n) is 5.34. The average Bonchev–Trinajstić information content (AvgIpc) is 3.45. The van der Waals surface area contributed by atoms with Gasteiger partial charge in [0, 0.05) is 43.7 Å². The van der Waals surface area contributed by atoms with Gasteiger partial charge in [-0.2, -0.15) is 0 Å². The molecule has 0 saturated carbocycles. The lowest BCUT2D eigenvalue weighted by atomic mass is 9.89. The standard InChI is InChI=1S/C27H30N2O2S/c1-19(30)29-16-13-22(18-29)25-23-9-5-6-10-24(23)32-26(25)27(31)28-14-11-21(12-15-28)17-20-7-3-2-4-8-20/h2-10,21-22H,11-18H2,1H3. The van der Waals surface area contributed by atoms with Crippen LogP contribution in [0, 0.1) is 5.92 Å². The lowest BCUT2D eigenvalue weighted by molar-refractivity contribution is -0.127. The van der Waals surface area contributed by atoms with Gasteiger partial charge in [-0.05, 0) is 54.2 Å². The number of rotatable bonds is 4. The van der Waals surface area contributed by atoms with Crippen LogP contribution in [0.4, 0.5) is 0 Å². The van der Waals surface area contributed by atoms with Crippen molar-refractivity contribution in [3.63, 3.8) is 0 Å². The highest BCUT2D eigenvalue weighted by atomic mass is 32.1. The highest BCUT2D eigenvalue weighted by molar-refractivity contribution is 7.21. The third-order valence-electron chi connectivity index (χ3n) is 7.14. The SMILES string of the molecule is CC(=O)N1CCC(c2c(C(=O)N3CCC(Cc4ccccc4)CC3)sc3ccccc23)C1. The predicted molar refractivity (Wildman–Crippen MR) is 130 cm³/mol. The van der Waals surface area contributed by atoms with Crippen LogP contribution in [0.15, 0.2) is 54.6 Å². The summed E-state index contributed by atoms with van der Waals surface area (Å²) < 4.78 is 1.17. The fourth-order valence-corrected chi connectivity index (χ4v) is 6.60. The maximum atomic E-state index is 13.7. The van der Waals surface area contributed by atoms with E-state index in [1.165, 1.54) is 21.2 Å². The van der Waals surface area contributed by atoms with Crippen molar-refractivity contribution in [2.45, 2.75) is 38.5 Å². The summed E-state index contributed by atoms with van der Waals surface area (Å²) >= 11 is 1.63. The Bertz CT molecular complexity index is 1120. The van der Waals surface area contributed by atoms with Gasteiger partial charge in [-0.3, -0.25) is 9.59 Å². The molecule has 2 aromatic carbocycles. The summed E-state index contributed by atoms with van der Waals surface area (Å²) in [7, 11) is 0. The largest absolute Gasteiger partial charge is 0.342 e. The molecule has 2 amide bonds. The molecular weight excluding hydrogens is 416 g/mol. The third kappa shape index (κ3) is 4.18. The van der Waals surface area contributed by atoms with Crippen molar-refractivity contribution in [2.24, 2.45) is 5.92 Å². The van der Waals surface area contributed by atoms with E-state index in [0.29, 0.717) is 5.92 Å². The molecule has 166 valence electrons. The van der Waals surface area contributed by atoms with Crippen molar-refractivity contribution < 1.29 is 9.59 Å². The maximum Gasteiger partial charge on any atom is 0.264 e. The first-order valence-corrected chi connectivity index (χ1v) is 12.5. The van der Waals surface area contributed by atoms with Crippen LogP contribution in [-0.2, 0) is 11.2 Å². The van der Waals surface area contributed by atoms with Crippen LogP contribution in [-0.4, -0.2) is 47.8 Å². The first kappa shape index (κ1) is 21.2. The van der Waals surface area contributed by atoms with Gasteiger partial charge >= 0.3 is 0 Å². The summed E-state index contributed by atoms with van der Waals surface area (Å²) in [6.45, 7) is 4.79. The number of fused-ring (bicyclic) bond motifs is 1. The second-order valence-corrected chi connectivity index (χ2v) is 10.3. The Balaban J connectivity index is 1.34. The Morgan fingerprint density at radius 1 is 0.906 bits per heavy atom. The lowest BCUT2D eigenvalue weighted by Crippen LogP contribution is -2.39. The third-order valence-corrected chi connectivity index (χ3v) is 8.31. The average molecular weight is 447 g/mol. The van der Waals surface area contributed by atoms with Crippen LogP contribution in [0.2, 0.25) is 0 Å². The number of amides is 2. The smallest absolute Gasteiger partial charge is 0.264 e. The highest BCUT2D eigenvalue weighted by Gasteiger charge is 2.33. The van der Waals surface area contributed by atoms with Gasteiger partial charge in [0.2, 0.25) is 5.91 Å². The molecule has 5 rings (SSSR count). The molecule has 1 atom stereocenters. The Kier molecular flexibility index (Phi) is 6.01. The number of nitrogens with zero attached hydrogens (tertiary/aromatic N) is 2. The van der Waals surface area contributed by atoms with Gasteiger partial charge in [0.1, 0.15) is 0 Å².